The first kappa shape index (κ1) is 12.8. The van der Waals surface area contributed by atoms with Gasteiger partial charge in [-0.1, -0.05) is 40.2 Å². The number of benzene rings is 2. The molecule has 0 amide bonds. The Labute approximate surface area is 120 Å². The van der Waals surface area contributed by atoms with Gasteiger partial charge in [-0.15, -0.1) is 0 Å². The first-order valence-electron chi connectivity index (χ1n) is 6.33. The summed E-state index contributed by atoms with van der Waals surface area (Å²) < 4.78 is 14.7. The fourth-order valence-corrected chi connectivity index (χ4v) is 3.25. The van der Waals surface area contributed by atoms with Crippen LogP contribution in [0, 0.1) is 5.82 Å². The van der Waals surface area contributed by atoms with Gasteiger partial charge in [0.25, 0.3) is 0 Å². The van der Waals surface area contributed by atoms with Gasteiger partial charge >= 0.3 is 0 Å². The van der Waals surface area contributed by atoms with Gasteiger partial charge < -0.3 is 5.11 Å². The Balaban J connectivity index is 1.98. The highest BCUT2D eigenvalue weighted by Gasteiger charge is 2.36. The van der Waals surface area contributed by atoms with E-state index in [9.17, 15) is 9.50 Å². The lowest BCUT2D eigenvalue weighted by atomic mass is 9.88. The van der Waals surface area contributed by atoms with Crippen LogP contribution in [0.4, 0.5) is 4.39 Å². The zero-order valence-corrected chi connectivity index (χ0v) is 12.0. The Bertz CT molecular complexity index is 626. The van der Waals surface area contributed by atoms with Crippen LogP contribution in [-0.2, 0) is 18.4 Å². The van der Waals surface area contributed by atoms with Crippen molar-refractivity contribution in [2.24, 2.45) is 0 Å². The second kappa shape index (κ2) is 4.73. The molecule has 1 aliphatic rings. The standard InChI is InChI=1S/C16H14BrFO/c17-13-5-6-15(18)12(9-13)10-16(19)8-7-11-3-1-2-4-14(11)16/h1-6,9,19H,7-8,10H2. The van der Waals surface area contributed by atoms with Gasteiger partial charge in [-0.05, 0) is 47.7 Å². The molecule has 19 heavy (non-hydrogen) atoms. The van der Waals surface area contributed by atoms with Crippen molar-refractivity contribution in [3.05, 3.63) is 69.4 Å². The summed E-state index contributed by atoms with van der Waals surface area (Å²) in [6.45, 7) is 0. The molecule has 0 saturated heterocycles. The minimum Gasteiger partial charge on any atom is -0.385 e. The number of aliphatic hydroxyl groups is 1. The average Bonchev–Trinajstić information content (AvgIpc) is 2.73. The number of rotatable bonds is 2. The van der Waals surface area contributed by atoms with Gasteiger partial charge in [0.15, 0.2) is 0 Å². The van der Waals surface area contributed by atoms with Crippen LogP contribution < -0.4 is 0 Å². The van der Waals surface area contributed by atoms with Crippen molar-refractivity contribution in [1.82, 2.24) is 0 Å². The number of hydrogen-bond acceptors (Lipinski definition) is 1. The summed E-state index contributed by atoms with van der Waals surface area (Å²) in [6.07, 6.45) is 1.82. The van der Waals surface area contributed by atoms with Crippen molar-refractivity contribution in [3.8, 4) is 0 Å². The Kier molecular flexibility index (Phi) is 3.19. The van der Waals surface area contributed by atoms with E-state index in [1.807, 2.05) is 24.3 Å². The largest absolute Gasteiger partial charge is 0.385 e. The molecule has 3 heteroatoms. The number of fused-ring (bicyclic) bond motifs is 1. The molecule has 0 saturated carbocycles. The fourth-order valence-electron chi connectivity index (χ4n) is 2.85. The van der Waals surface area contributed by atoms with Crippen LogP contribution in [0.2, 0.25) is 0 Å². The van der Waals surface area contributed by atoms with Gasteiger partial charge in [-0.2, -0.15) is 0 Å². The third-order valence-corrected chi connectivity index (χ3v) is 4.31. The molecule has 1 atom stereocenters. The monoisotopic (exact) mass is 320 g/mol. The minimum atomic E-state index is -0.946. The third-order valence-electron chi connectivity index (χ3n) is 3.82. The third kappa shape index (κ3) is 2.33. The lowest BCUT2D eigenvalue weighted by Crippen LogP contribution is -2.25. The van der Waals surface area contributed by atoms with Crippen LogP contribution >= 0.6 is 15.9 Å². The zero-order valence-electron chi connectivity index (χ0n) is 10.4. The van der Waals surface area contributed by atoms with E-state index < -0.39 is 5.60 Å². The molecule has 0 radical (unpaired) electrons. The molecule has 3 rings (SSSR count). The van der Waals surface area contributed by atoms with Crippen LogP contribution in [0.5, 0.6) is 0 Å². The van der Waals surface area contributed by atoms with Gasteiger partial charge in [0.05, 0.1) is 5.60 Å². The summed E-state index contributed by atoms with van der Waals surface area (Å²) in [6, 6.07) is 12.7. The molecular formula is C16H14BrFO. The van der Waals surface area contributed by atoms with Gasteiger partial charge in [-0.25, -0.2) is 4.39 Å². The highest BCUT2D eigenvalue weighted by molar-refractivity contribution is 9.10. The second-order valence-electron chi connectivity index (χ2n) is 5.10. The molecule has 0 aromatic heterocycles. The highest BCUT2D eigenvalue weighted by atomic mass is 79.9. The summed E-state index contributed by atoms with van der Waals surface area (Å²) in [4.78, 5) is 0. The van der Waals surface area contributed by atoms with E-state index in [0.717, 1.165) is 16.5 Å². The van der Waals surface area contributed by atoms with Crippen LogP contribution in [-0.4, -0.2) is 5.11 Å². The maximum absolute atomic E-state index is 13.8. The topological polar surface area (TPSA) is 20.2 Å². The van der Waals surface area contributed by atoms with Crippen molar-refractivity contribution in [3.63, 3.8) is 0 Å². The Morgan fingerprint density at radius 3 is 2.84 bits per heavy atom. The van der Waals surface area contributed by atoms with Gasteiger partial charge in [-0.3, -0.25) is 0 Å². The number of halogens is 2. The van der Waals surface area contributed by atoms with E-state index in [2.05, 4.69) is 15.9 Å². The first-order chi connectivity index (χ1) is 9.08. The normalized spacial score (nSPS) is 21.4. The molecule has 0 fully saturated rings. The van der Waals surface area contributed by atoms with Crippen molar-refractivity contribution in [1.29, 1.82) is 0 Å². The predicted octanol–water partition coefficient (Wildman–Crippen LogP) is 3.96. The van der Waals surface area contributed by atoms with Crippen molar-refractivity contribution in [2.45, 2.75) is 24.9 Å². The minimum absolute atomic E-state index is 0.263. The summed E-state index contributed by atoms with van der Waals surface area (Å²) in [5.41, 5.74) is 1.71. The van der Waals surface area contributed by atoms with Gasteiger partial charge in [0.2, 0.25) is 0 Å². The molecule has 0 heterocycles. The van der Waals surface area contributed by atoms with Crippen LogP contribution in [0.1, 0.15) is 23.1 Å². The maximum Gasteiger partial charge on any atom is 0.126 e. The maximum atomic E-state index is 13.8. The molecule has 0 spiro atoms. The number of hydrogen-bond donors (Lipinski definition) is 1. The molecule has 1 aliphatic carbocycles. The SMILES string of the molecule is OC1(Cc2cc(Br)ccc2F)CCc2ccccc21. The number of aryl methyl sites for hydroxylation is 1. The summed E-state index contributed by atoms with van der Waals surface area (Å²) >= 11 is 3.35. The van der Waals surface area contributed by atoms with Crippen LogP contribution in [0.25, 0.3) is 0 Å². The van der Waals surface area contributed by atoms with E-state index in [1.54, 1.807) is 12.1 Å². The van der Waals surface area contributed by atoms with E-state index in [1.165, 1.54) is 11.6 Å². The van der Waals surface area contributed by atoms with Crippen molar-refractivity contribution >= 4 is 15.9 Å². The first-order valence-corrected chi connectivity index (χ1v) is 7.12. The van der Waals surface area contributed by atoms with E-state index in [4.69, 9.17) is 0 Å². The van der Waals surface area contributed by atoms with Gasteiger partial charge in [0, 0.05) is 10.9 Å². The molecule has 2 aromatic rings. The Morgan fingerprint density at radius 2 is 2.00 bits per heavy atom. The van der Waals surface area contributed by atoms with Crippen LogP contribution in [0.3, 0.4) is 0 Å². The molecular weight excluding hydrogens is 307 g/mol. The molecule has 2 aromatic carbocycles. The smallest absolute Gasteiger partial charge is 0.126 e. The quantitative estimate of drug-likeness (QED) is 0.887. The summed E-state index contributed by atoms with van der Waals surface area (Å²) in [7, 11) is 0. The van der Waals surface area contributed by atoms with Crippen LogP contribution in [0.15, 0.2) is 46.9 Å². The predicted molar refractivity (Wildman–Crippen MR) is 76.5 cm³/mol. The van der Waals surface area contributed by atoms with E-state index >= 15 is 0 Å². The van der Waals surface area contributed by atoms with E-state index in [0.29, 0.717) is 18.4 Å². The Morgan fingerprint density at radius 1 is 1.21 bits per heavy atom. The summed E-state index contributed by atoms with van der Waals surface area (Å²) in [5.74, 6) is -0.263. The van der Waals surface area contributed by atoms with E-state index in [-0.39, 0.29) is 5.82 Å². The van der Waals surface area contributed by atoms with Crippen molar-refractivity contribution in [2.75, 3.05) is 0 Å². The second-order valence-corrected chi connectivity index (χ2v) is 6.02. The summed E-state index contributed by atoms with van der Waals surface area (Å²) in [5, 5.41) is 10.8. The zero-order chi connectivity index (χ0) is 13.5. The van der Waals surface area contributed by atoms with Gasteiger partial charge in [0.1, 0.15) is 5.82 Å². The molecule has 1 unspecified atom stereocenters. The van der Waals surface area contributed by atoms with Crippen molar-refractivity contribution < 1.29 is 9.50 Å². The molecule has 1 N–H and O–H groups in total. The fraction of sp³-hybridized carbons (Fsp3) is 0.250. The molecule has 0 bridgehead atoms. The lowest BCUT2D eigenvalue weighted by molar-refractivity contribution is 0.0381. The molecule has 98 valence electrons. The molecule has 0 aliphatic heterocycles. The molecule has 1 nitrogen and oxygen atoms in total. The average molecular weight is 321 g/mol. The lowest BCUT2D eigenvalue weighted by Gasteiger charge is -2.24. The highest BCUT2D eigenvalue weighted by Crippen LogP contribution is 2.39. The Hall–Kier alpha value is -1.19.